The van der Waals surface area contributed by atoms with E-state index in [2.05, 4.69) is 69.5 Å². The Hall–Kier alpha value is -2.44. The van der Waals surface area contributed by atoms with Crippen molar-refractivity contribution in [3.05, 3.63) is 53.6 Å². The molecule has 0 aliphatic heterocycles. The molecule has 0 fully saturated rings. The van der Waals surface area contributed by atoms with Crippen LogP contribution in [0.1, 0.15) is 57.1 Å². The zero-order valence-electron chi connectivity index (χ0n) is 19.1. The van der Waals surface area contributed by atoms with E-state index in [1.54, 1.807) is 0 Å². The number of hydrogen-bond donors (Lipinski definition) is 2. The van der Waals surface area contributed by atoms with E-state index in [4.69, 9.17) is 9.53 Å². The first-order chi connectivity index (χ1) is 14.5. The Morgan fingerprint density at radius 2 is 1.71 bits per heavy atom. The van der Waals surface area contributed by atoms with E-state index < -0.39 is 14.3 Å². The third kappa shape index (κ3) is 5.25. The lowest BCUT2D eigenvalue weighted by molar-refractivity contribution is -0.137. The maximum absolute atomic E-state index is 12.2. The van der Waals surface area contributed by atoms with Crippen molar-refractivity contribution in [2.75, 3.05) is 11.9 Å². The summed E-state index contributed by atoms with van der Waals surface area (Å²) in [6, 6.07) is 14.5. The van der Waals surface area contributed by atoms with Gasteiger partial charge in [-0.3, -0.25) is 9.59 Å². The molecule has 0 bridgehead atoms. The van der Waals surface area contributed by atoms with Gasteiger partial charge >= 0.3 is 5.97 Å². The Kier molecular flexibility index (Phi) is 6.72. The predicted octanol–water partition coefficient (Wildman–Crippen LogP) is 6.01. The van der Waals surface area contributed by atoms with Crippen molar-refractivity contribution in [1.82, 2.24) is 0 Å². The minimum atomic E-state index is -1.90. The van der Waals surface area contributed by atoms with E-state index in [-0.39, 0.29) is 29.7 Å². The first kappa shape index (κ1) is 23.2. The minimum Gasteiger partial charge on any atom is -0.481 e. The van der Waals surface area contributed by atoms with E-state index in [1.165, 1.54) is 22.3 Å². The summed E-state index contributed by atoms with van der Waals surface area (Å²) in [4.78, 5) is 22.9. The first-order valence-corrected chi connectivity index (χ1v) is 13.8. The number of anilines is 1. The maximum Gasteiger partial charge on any atom is 0.303 e. The van der Waals surface area contributed by atoms with Crippen LogP contribution in [0.5, 0.6) is 0 Å². The highest BCUT2D eigenvalue weighted by Crippen LogP contribution is 2.47. The molecule has 31 heavy (non-hydrogen) atoms. The van der Waals surface area contributed by atoms with Gasteiger partial charge in [-0.2, -0.15) is 0 Å². The molecule has 2 aromatic carbocycles. The lowest BCUT2D eigenvalue weighted by Gasteiger charge is -2.37. The molecule has 0 aromatic heterocycles. The van der Waals surface area contributed by atoms with Gasteiger partial charge in [-0.1, -0.05) is 51.1 Å². The molecule has 166 valence electrons. The number of rotatable bonds is 8. The van der Waals surface area contributed by atoms with Crippen molar-refractivity contribution in [3.63, 3.8) is 0 Å². The molecule has 0 heterocycles. The Labute approximate surface area is 186 Å². The summed E-state index contributed by atoms with van der Waals surface area (Å²) in [6.45, 7) is 11.9. The van der Waals surface area contributed by atoms with E-state index >= 15 is 0 Å². The van der Waals surface area contributed by atoms with Gasteiger partial charge in [0.2, 0.25) is 5.91 Å². The van der Waals surface area contributed by atoms with E-state index in [0.29, 0.717) is 13.0 Å². The predicted molar refractivity (Wildman–Crippen MR) is 127 cm³/mol. The van der Waals surface area contributed by atoms with E-state index in [9.17, 15) is 9.59 Å². The summed E-state index contributed by atoms with van der Waals surface area (Å²) in [5.74, 6) is -0.914. The highest BCUT2D eigenvalue weighted by atomic mass is 28.4. The van der Waals surface area contributed by atoms with Crippen LogP contribution in [-0.2, 0) is 14.0 Å². The fraction of sp³-hybridized carbons (Fsp3) is 0.440. The first-order valence-electron chi connectivity index (χ1n) is 10.9. The normalized spacial score (nSPS) is 15.3. The van der Waals surface area contributed by atoms with Crippen molar-refractivity contribution in [3.8, 4) is 11.1 Å². The lowest BCUT2D eigenvalue weighted by atomic mass is 9.98. The van der Waals surface area contributed by atoms with Crippen LogP contribution in [0.2, 0.25) is 18.1 Å². The highest BCUT2D eigenvalue weighted by Gasteiger charge is 2.39. The van der Waals surface area contributed by atoms with E-state index in [0.717, 1.165) is 5.69 Å². The largest absolute Gasteiger partial charge is 0.481 e. The standard InChI is InChI=1S/C25H33NO4Si/c1-25(2,3)31(4,5)30-16-22-19-10-7-6-9-18(19)20-14-13-17(15-21(20)22)26-23(27)11-8-12-24(28)29/h6-7,9-10,13-15,22H,8,11-12,16H2,1-5H3,(H,26,27)(H,28,29). The molecule has 3 rings (SSSR count). The van der Waals surface area contributed by atoms with Gasteiger partial charge in [-0.25, -0.2) is 0 Å². The van der Waals surface area contributed by atoms with Gasteiger partial charge < -0.3 is 14.8 Å². The van der Waals surface area contributed by atoms with Crippen LogP contribution in [0.4, 0.5) is 5.69 Å². The highest BCUT2D eigenvalue weighted by molar-refractivity contribution is 6.74. The van der Waals surface area contributed by atoms with Gasteiger partial charge in [-0.15, -0.1) is 0 Å². The van der Waals surface area contributed by atoms with Crippen LogP contribution in [0.25, 0.3) is 11.1 Å². The van der Waals surface area contributed by atoms with Gasteiger partial charge in [0.15, 0.2) is 8.32 Å². The summed E-state index contributed by atoms with van der Waals surface area (Å²) < 4.78 is 6.58. The number of carboxylic acids is 1. The topological polar surface area (TPSA) is 75.6 Å². The smallest absolute Gasteiger partial charge is 0.303 e. The second-order valence-corrected chi connectivity index (χ2v) is 14.6. The SMILES string of the molecule is CC(C)(C)[Si](C)(C)OCC1c2ccccc2-c2ccc(NC(=O)CCCC(=O)O)cc21. The molecule has 5 nitrogen and oxygen atoms in total. The Morgan fingerprint density at radius 1 is 1.03 bits per heavy atom. The van der Waals surface area contributed by atoms with Crippen molar-refractivity contribution < 1.29 is 19.1 Å². The zero-order valence-corrected chi connectivity index (χ0v) is 20.1. The van der Waals surface area contributed by atoms with Crippen LogP contribution >= 0.6 is 0 Å². The van der Waals surface area contributed by atoms with Gasteiger partial charge in [0.1, 0.15) is 0 Å². The minimum absolute atomic E-state index is 0.000217. The Morgan fingerprint density at radius 3 is 2.39 bits per heavy atom. The van der Waals surface area contributed by atoms with Crippen LogP contribution in [0.3, 0.4) is 0 Å². The van der Waals surface area contributed by atoms with Crippen LogP contribution in [-0.4, -0.2) is 31.9 Å². The molecule has 2 N–H and O–H groups in total. The number of carbonyl (C=O) groups is 2. The number of carbonyl (C=O) groups excluding carboxylic acids is 1. The van der Waals surface area contributed by atoms with Crippen molar-refractivity contribution in [2.24, 2.45) is 0 Å². The number of amides is 1. The molecule has 0 radical (unpaired) electrons. The molecule has 1 aliphatic rings. The number of aliphatic carboxylic acids is 1. The monoisotopic (exact) mass is 439 g/mol. The molecular weight excluding hydrogens is 406 g/mol. The summed E-state index contributed by atoms with van der Waals surface area (Å²) in [5, 5.41) is 11.8. The molecule has 1 amide bonds. The van der Waals surface area contributed by atoms with Gasteiger partial charge in [0.25, 0.3) is 0 Å². The number of hydrogen-bond acceptors (Lipinski definition) is 3. The number of benzene rings is 2. The van der Waals surface area contributed by atoms with Crippen molar-refractivity contribution >= 4 is 25.9 Å². The van der Waals surface area contributed by atoms with Crippen molar-refractivity contribution in [2.45, 2.75) is 64.1 Å². The summed E-state index contributed by atoms with van der Waals surface area (Å²) in [7, 11) is -1.90. The third-order valence-electron chi connectivity index (χ3n) is 6.55. The van der Waals surface area contributed by atoms with Gasteiger partial charge in [0, 0.05) is 31.1 Å². The fourth-order valence-electron chi connectivity index (χ4n) is 3.70. The number of carboxylic acid groups (broad SMARTS) is 1. The fourth-order valence-corrected chi connectivity index (χ4v) is 4.72. The molecular formula is C25H33NO4Si. The Balaban J connectivity index is 1.81. The molecule has 6 heteroatoms. The van der Waals surface area contributed by atoms with Crippen molar-refractivity contribution in [1.29, 1.82) is 0 Å². The molecule has 0 saturated heterocycles. The van der Waals surface area contributed by atoms with Crippen LogP contribution in [0.15, 0.2) is 42.5 Å². The molecule has 1 aliphatic carbocycles. The average molecular weight is 440 g/mol. The molecule has 0 spiro atoms. The Bertz CT molecular complexity index is 978. The average Bonchev–Trinajstić information content (AvgIpc) is 2.98. The van der Waals surface area contributed by atoms with Crippen LogP contribution < -0.4 is 5.32 Å². The lowest BCUT2D eigenvalue weighted by Crippen LogP contribution is -2.41. The molecule has 1 unspecified atom stereocenters. The molecule has 2 aromatic rings. The second kappa shape index (κ2) is 8.97. The quantitative estimate of drug-likeness (QED) is 0.494. The number of fused-ring (bicyclic) bond motifs is 3. The molecule has 1 atom stereocenters. The summed E-state index contributed by atoms with van der Waals surface area (Å²) >= 11 is 0. The van der Waals surface area contributed by atoms with Crippen LogP contribution in [0, 0.1) is 0 Å². The summed E-state index contributed by atoms with van der Waals surface area (Å²) in [6.07, 6.45) is 0.530. The maximum atomic E-state index is 12.2. The molecule has 0 saturated carbocycles. The second-order valence-electron chi connectivity index (χ2n) is 9.81. The number of nitrogens with one attached hydrogen (secondary N) is 1. The summed E-state index contributed by atoms with van der Waals surface area (Å²) in [5.41, 5.74) is 5.58. The van der Waals surface area contributed by atoms with E-state index in [1.807, 2.05) is 12.1 Å². The zero-order chi connectivity index (χ0) is 22.8. The van der Waals surface area contributed by atoms with Gasteiger partial charge in [-0.05, 0) is 58.9 Å². The third-order valence-corrected chi connectivity index (χ3v) is 11.0. The van der Waals surface area contributed by atoms with Gasteiger partial charge in [0.05, 0.1) is 0 Å².